The molecule has 0 aliphatic carbocycles. The van der Waals surface area contributed by atoms with Gasteiger partial charge in [-0.1, -0.05) is 0 Å². The summed E-state index contributed by atoms with van der Waals surface area (Å²) in [7, 11) is -2.25. The molecule has 1 atom stereocenters. The number of carbonyl (C=O) groups excluding carboxylic acids is 2. The standard InChI is InChI=1S/C30H30F2N6O5S/c1-37-8-10-38(11-9-37)20-4-6-23(26(16-20)33-30(40)27-3-2-12-43-27)29(39)34-28-24-17-21(5-7-25(24)35-36-28)44(41,42)22-14-18(31)13-19(32)15-22/h4-7,13-17,27H,2-3,8-12H2,1H3,(H,33,40)(H2,34,35,36,39)/t27-/m0/s1. The Morgan fingerprint density at radius 1 is 0.955 bits per heavy atom. The number of rotatable bonds is 7. The second kappa shape index (κ2) is 11.9. The van der Waals surface area contributed by atoms with E-state index in [1.54, 1.807) is 12.1 Å². The number of aromatic amines is 1. The van der Waals surface area contributed by atoms with Crippen molar-refractivity contribution < 1.29 is 31.5 Å². The summed E-state index contributed by atoms with van der Waals surface area (Å²) in [5.74, 6) is -2.96. The van der Waals surface area contributed by atoms with Crippen LogP contribution in [0.1, 0.15) is 23.2 Å². The predicted octanol–water partition coefficient (Wildman–Crippen LogP) is 3.80. The maximum absolute atomic E-state index is 13.8. The Kier molecular flexibility index (Phi) is 8.05. The fourth-order valence-electron chi connectivity index (χ4n) is 5.34. The number of sulfone groups is 1. The molecule has 2 aliphatic rings. The lowest BCUT2D eigenvalue weighted by Gasteiger charge is -2.34. The zero-order chi connectivity index (χ0) is 31.0. The molecule has 3 heterocycles. The normalized spacial score (nSPS) is 17.6. The first-order valence-electron chi connectivity index (χ1n) is 14.1. The van der Waals surface area contributed by atoms with Gasteiger partial charge >= 0.3 is 0 Å². The number of piperazine rings is 1. The number of carbonyl (C=O) groups is 2. The highest BCUT2D eigenvalue weighted by Crippen LogP contribution is 2.30. The molecule has 2 aliphatic heterocycles. The Labute approximate surface area is 252 Å². The van der Waals surface area contributed by atoms with Crippen LogP contribution in [0.3, 0.4) is 0 Å². The van der Waals surface area contributed by atoms with Crippen molar-refractivity contribution >= 4 is 49.7 Å². The molecule has 3 aromatic carbocycles. The third kappa shape index (κ3) is 6.00. The zero-order valence-electron chi connectivity index (χ0n) is 23.8. The van der Waals surface area contributed by atoms with Crippen LogP contribution in [-0.2, 0) is 19.4 Å². The number of anilines is 3. The van der Waals surface area contributed by atoms with E-state index in [0.29, 0.717) is 30.3 Å². The summed E-state index contributed by atoms with van der Waals surface area (Å²) in [6, 6.07) is 11.2. The topological polar surface area (TPSA) is 137 Å². The van der Waals surface area contributed by atoms with Crippen LogP contribution in [0.2, 0.25) is 0 Å². The van der Waals surface area contributed by atoms with Gasteiger partial charge in [-0.2, -0.15) is 5.10 Å². The molecule has 2 amide bonds. The van der Waals surface area contributed by atoms with Crippen LogP contribution in [0.25, 0.3) is 10.9 Å². The van der Waals surface area contributed by atoms with Crippen molar-refractivity contribution in [1.29, 1.82) is 0 Å². The Morgan fingerprint density at radius 2 is 1.70 bits per heavy atom. The van der Waals surface area contributed by atoms with E-state index < -0.39 is 38.4 Å². The highest BCUT2D eigenvalue weighted by molar-refractivity contribution is 7.91. The maximum Gasteiger partial charge on any atom is 0.258 e. The van der Waals surface area contributed by atoms with E-state index in [4.69, 9.17) is 4.74 Å². The first-order chi connectivity index (χ1) is 21.1. The molecule has 0 radical (unpaired) electrons. The summed E-state index contributed by atoms with van der Waals surface area (Å²) >= 11 is 0. The first kappa shape index (κ1) is 29.7. The first-order valence-corrected chi connectivity index (χ1v) is 15.6. The highest BCUT2D eigenvalue weighted by Gasteiger charge is 2.27. The van der Waals surface area contributed by atoms with Crippen LogP contribution < -0.4 is 15.5 Å². The largest absolute Gasteiger partial charge is 0.369 e. The summed E-state index contributed by atoms with van der Waals surface area (Å²) in [6.07, 6.45) is 0.740. The number of fused-ring (bicyclic) bond motifs is 1. The van der Waals surface area contributed by atoms with E-state index in [9.17, 15) is 26.8 Å². The number of amides is 2. The van der Waals surface area contributed by atoms with Gasteiger partial charge in [0, 0.05) is 49.9 Å². The second-order valence-corrected chi connectivity index (χ2v) is 12.8. The van der Waals surface area contributed by atoms with Gasteiger partial charge in [0.05, 0.1) is 26.6 Å². The predicted molar refractivity (Wildman–Crippen MR) is 160 cm³/mol. The van der Waals surface area contributed by atoms with Gasteiger partial charge in [-0.15, -0.1) is 0 Å². The number of likely N-dealkylation sites (N-methyl/N-ethyl adjacent to an activating group) is 1. The van der Waals surface area contributed by atoms with Crippen LogP contribution >= 0.6 is 0 Å². The highest BCUT2D eigenvalue weighted by atomic mass is 32.2. The van der Waals surface area contributed by atoms with Crippen molar-refractivity contribution in [2.75, 3.05) is 55.4 Å². The fourth-order valence-corrected chi connectivity index (χ4v) is 6.67. The molecule has 4 aromatic rings. The van der Waals surface area contributed by atoms with Gasteiger partial charge < -0.3 is 25.2 Å². The number of hydrogen-bond donors (Lipinski definition) is 3. The lowest BCUT2D eigenvalue weighted by molar-refractivity contribution is -0.124. The smallest absolute Gasteiger partial charge is 0.258 e. The third-order valence-corrected chi connectivity index (χ3v) is 9.55. The Bertz CT molecular complexity index is 1830. The lowest BCUT2D eigenvalue weighted by Crippen LogP contribution is -2.44. The van der Waals surface area contributed by atoms with Crippen LogP contribution in [0, 0.1) is 11.6 Å². The summed E-state index contributed by atoms with van der Waals surface area (Å²) in [6.45, 7) is 3.81. The minimum atomic E-state index is -4.30. The molecule has 0 spiro atoms. The van der Waals surface area contributed by atoms with Crippen LogP contribution in [0.15, 0.2) is 64.4 Å². The minimum absolute atomic E-state index is 0.0343. The molecular weight excluding hydrogens is 594 g/mol. The molecule has 1 aromatic heterocycles. The maximum atomic E-state index is 13.8. The van der Waals surface area contributed by atoms with Gasteiger partial charge in [0.15, 0.2) is 5.82 Å². The van der Waals surface area contributed by atoms with Crippen molar-refractivity contribution in [3.63, 3.8) is 0 Å². The summed E-state index contributed by atoms with van der Waals surface area (Å²) in [5, 5.41) is 12.7. The molecule has 0 bridgehead atoms. The fraction of sp³-hybridized carbons (Fsp3) is 0.300. The van der Waals surface area contributed by atoms with E-state index in [0.717, 1.165) is 50.4 Å². The van der Waals surface area contributed by atoms with Crippen molar-refractivity contribution in [2.24, 2.45) is 0 Å². The number of aromatic nitrogens is 2. The van der Waals surface area contributed by atoms with Crippen molar-refractivity contribution in [1.82, 2.24) is 15.1 Å². The number of nitrogens with zero attached hydrogens (tertiary/aromatic N) is 3. The monoisotopic (exact) mass is 624 g/mol. The molecule has 11 nitrogen and oxygen atoms in total. The van der Waals surface area contributed by atoms with Crippen LogP contribution in [0.4, 0.5) is 26.0 Å². The Morgan fingerprint density at radius 3 is 2.41 bits per heavy atom. The number of H-pyrrole nitrogens is 1. The number of hydrogen-bond acceptors (Lipinski definition) is 8. The quantitative estimate of drug-likeness (QED) is 0.283. The van der Waals surface area contributed by atoms with Gasteiger partial charge in [0.2, 0.25) is 9.84 Å². The minimum Gasteiger partial charge on any atom is -0.369 e. The number of benzene rings is 3. The summed E-state index contributed by atoms with van der Waals surface area (Å²) < 4.78 is 59.5. The molecule has 0 unspecified atom stereocenters. The van der Waals surface area contributed by atoms with Gasteiger partial charge in [-0.25, -0.2) is 17.2 Å². The van der Waals surface area contributed by atoms with E-state index in [1.807, 2.05) is 6.07 Å². The molecule has 230 valence electrons. The van der Waals surface area contributed by atoms with Gasteiger partial charge in [-0.05, 0) is 68.4 Å². The number of halogens is 2. The molecule has 0 saturated carbocycles. The van der Waals surface area contributed by atoms with Crippen LogP contribution in [-0.4, -0.2) is 81.3 Å². The second-order valence-electron chi connectivity index (χ2n) is 10.9. The van der Waals surface area contributed by atoms with Crippen molar-refractivity contribution in [3.8, 4) is 0 Å². The van der Waals surface area contributed by atoms with E-state index in [1.165, 1.54) is 18.2 Å². The Balaban J connectivity index is 1.31. The lowest BCUT2D eigenvalue weighted by atomic mass is 10.1. The van der Waals surface area contributed by atoms with Gasteiger partial charge in [0.25, 0.3) is 11.8 Å². The van der Waals surface area contributed by atoms with Crippen LogP contribution in [0.5, 0.6) is 0 Å². The molecule has 6 rings (SSSR count). The molecule has 2 saturated heterocycles. The average Bonchev–Trinajstić information content (AvgIpc) is 3.68. The molecule has 2 fully saturated rings. The Hall–Kier alpha value is -4.40. The molecular formula is C30H30F2N6O5S. The van der Waals surface area contributed by atoms with Gasteiger partial charge in [0.1, 0.15) is 17.7 Å². The molecule has 44 heavy (non-hydrogen) atoms. The summed E-state index contributed by atoms with van der Waals surface area (Å²) in [5.41, 5.74) is 1.74. The number of nitrogens with one attached hydrogen (secondary N) is 3. The van der Waals surface area contributed by atoms with Crippen molar-refractivity contribution in [3.05, 3.63) is 71.8 Å². The van der Waals surface area contributed by atoms with E-state index >= 15 is 0 Å². The number of ether oxygens (including phenoxy) is 1. The van der Waals surface area contributed by atoms with E-state index in [2.05, 4.69) is 37.7 Å². The van der Waals surface area contributed by atoms with Gasteiger partial charge in [-0.3, -0.25) is 14.7 Å². The molecule has 14 heteroatoms. The van der Waals surface area contributed by atoms with E-state index in [-0.39, 0.29) is 27.6 Å². The van der Waals surface area contributed by atoms with Crippen molar-refractivity contribution in [2.45, 2.75) is 28.7 Å². The average molecular weight is 625 g/mol. The molecule has 3 N–H and O–H groups in total. The SMILES string of the molecule is CN1CCN(c2ccc(C(=O)Nc3n[nH]c4ccc(S(=O)(=O)c5cc(F)cc(F)c5)cc34)c(NC(=O)[C@@H]3CCCO3)c2)CC1. The summed E-state index contributed by atoms with van der Waals surface area (Å²) in [4.78, 5) is 30.2. The zero-order valence-corrected chi connectivity index (χ0v) is 24.6. The third-order valence-electron chi connectivity index (χ3n) is 7.82.